The molecule has 0 heterocycles. The number of anilines is 2. The van der Waals surface area contributed by atoms with Crippen molar-refractivity contribution in [3.8, 4) is 0 Å². The second kappa shape index (κ2) is 5.14. The number of nitrogens with two attached hydrogens (primary N) is 1. The maximum atomic E-state index is 12.2. The molecule has 2 aromatic rings. The Kier molecular flexibility index (Phi) is 3.56. The van der Waals surface area contributed by atoms with Gasteiger partial charge in [0.15, 0.2) is 0 Å². The Bertz CT molecular complexity index is 633. The van der Waals surface area contributed by atoms with E-state index >= 15 is 0 Å². The molecule has 0 aliphatic carbocycles. The van der Waals surface area contributed by atoms with Gasteiger partial charge in [-0.1, -0.05) is 12.1 Å². The van der Waals surface area contributed by atoms with Gasteiger partial charge in [-0.3, -0.25) is 4.79 Å². The summed E-state index contributed by atoms with van der Waals surface area (Å²) in [6, 6.07) is 11.2. The number of amides is 1. The molecule has 2 aromatic carbocycles. The van der Waals surface area contributed by atoms with E-state index in [0.29, 0.717) is 11.3 Å². The SMILES string of the molecule is Cc1ccc(C(=O)Nc2cc(N)ccc2C)cc1C. The second-order valence-electron chi connectivity index (χ2n) is 4.83. The van der Waals surface area contributed by atoms with Gasteiger partial charge in [0, 0.05) is 16.9 Å². The van der Waals surface area contributed by atoms with E-state index in [1.54, 1.807) is 6.07 Å². The smallest absolute Gasteiger partial charge is 0.255 e. The summed E-state index contributed by atoms with van der Waals surface area (Å²) >= 11 is 0. The van der Waals surface area contributed by atoms with Crippen molar-refractivity contribution in [2.45, 2.75) is 20.8 Å². The molecule has 0 aliphatic heterocycles. The molecule has 3 N–H and O–H groups in total. The number of rotatable bonds is 2. The molecule has 0 aliphatic rings. The highest BCUT2D eigenvalue weighted by molar-refractivity contribution is 6.05. The van der Waals surface area contributed by atoms with Gasteiger partial charge in [-0.15, -0.1) is 0 Å². The molecular formula is C16H18N2O. The molecule has 3 nitrogen and oxygen atoms in total. The van der Waals surface area contributed by atoms with Crippen LogP contribution in [-0.2, 0) is 0 Å². The summed E-state index contributed by atoms with van der Waals surface area (Å²) < 4.78 is 0. The summed E-state index contributed by atoms with van der Waals surface area (Å²) in [5, 5.41) is 2.90. The van der Waals surface area contributed by atoms with Crippen LogP contribution in [0.25, 0.3) is 0 Å². The molecule has 0 unspecified atom stereocenters. The number of aryl methyl sites for hydroxylation is 3. The number of carbonyl (C=O) groups is 1. The molecule has 19 heavy (non-hydrogen) atoms. The molecule has 0 spiro atoms. The van der Waals surface area contributed by atoms with Crippen molar-refractivity contribution in [1.82, 2.24) is 0 Å². The topological polar surface area (TPSA) is 55.1 Å². The fraction of sp³-hybridized carbons (Fsp3) is 0.188. The first-order valence-electron chi connectivity index (χ1n) is 6.22. The number of hydrogen-bond acceptors (Lipinski definition) is 2. The normalized spacial score (nSPS) is 10.3. The van der Waals surface area contributed by atoms with Crippen LogP contribution >= 0.6 is 0 Å². The molecule has 2 rings (SSSR count). The Labute approximate surface area is 113 Å². The average molecular weight is 254 g/mol. The number of nitrogens with one attached hydrogen (secondary N) is 1. The van der Waals surface area contributed by atoms with Crippen molar-refractivity contribution in [2.24, 2.45) is 0 Å². The summed E-state index contributed by atoms with van der Waals surface area (Å²) in [6.45, 7) is 5.96. The van der Waals surface area contributed by atoms with Crippen LogP contribution in [0.5, 0.6) is 0 Å². The van der Waals surface area contributed by atoms with E-state index in [-0.39, 0.29) is 5.91 Å². The highest BCUT2D eigenvalue weighted by atomic mass is 16.1. The van der Waals surface area contributed by atoms with E-state index in [4.69, 9.17) is 5.73 Å². The standard InChI is InChI=1S/C16H18N2O/c1-10-4-6-13(8-12(10)3)16(19)18-15-9-14(17)7-5-11(15)2/h4-9H,17H2,1-3H3,(H,18,19). The fourth-order valence-electron chi connectivity index (χ4n) is 1.85. The van der Waals surface area contributed by atoms with Crippen LogP contribution in [0.1, 0.15) is 27.0 Å². The molecular weight excluding hydrogens is 236 g/mol. The van der Waals surface area contributed by atoms with Gasteiger partial charge in [-0.05, 0) is 61.7 Å². The van der Waals surface area contributed by atoms with Crippen LogP contribution in [0.15, 0.2) is 36.4 Å². The molecule has 0 saturated carbocycles. The Morgan fingerprint density at radius 1 is 0.947 bits per heavy atom. The van der Waals surface area contributed by atoms with Crippen LogP contribution in [0, 0.1) is 20.8 Å². The second-order valence-corrected chi connectivity index (χ2v) is 4.83. The maximum Gasteiger partial charge on any atom is 0.255 e. The molecule has 0 aromatic heterocycles. The van der Waals surface area contributed by atoms with Gasteiger partial charge in [0.25, 0.3) is 5.91 Å². The number of hydrogen-bond donors (Lipinski definition) is 2. The number of nitrogen functional groups attached to an aromatic ring is 1. The van der Waals surface area contributed by atoms with Gasteiger partial charge in [-0.2, -0.15) is 0 Å². The lowest BCUT2D eigenvalue weighted by Crippen LogP contribution is -2.13. The molecule has 0 fully saturated rings. The monoisotopic (exact) mass is 254 g/mol. The Morgan fingerprint density at radius 2 is 1.63 bits per heavy atom. The number of benzene rings is 2. The van der Waals surface area contributed by atoms with Gasteiger partial charge >= 0.3 is 0 Å². The van der Waals surface area contributed by atoms with E-state index in [9.17, 15) is 4.79 Å². The van der Waals surface area contributed by atoms with Gasteiger partial charge in [0.05, 0.1) is 0 Å². The Hall–Kier alpha value is -2.29. The molecule has 0 saturated heterocycles. The van der Waals surface area contributed by atoms with E-state index in [0.717, 1.165) is 16.8 Å². The summed E-state index contributed by atoms with van der Waals surface area (Å²) in [6.07, 6.45) is 0. The first-order valence-corrected chi connectivity index (χ1v) is 6.22. The van der Waals surface area contributed by atoms with Gasteiger partial charge in [0.2, 0.25) is 0 Å². The molecule has 98 valence electrons. The van der Waals surface area contributed by atoms with E-state index < -0.39 is 0 Å². The third kappa shape index (κ3) is 2.94. The van der Waals surface area contributed by atoms with E-state index in [1.165, 1.54) is 5.56 Å². The fourth-order valence-corrected chi connectivity index (χ4v) is 1.85. The van der Waals surface area contributed by atoms with Crippen LogP contribution in [0.3, 0.4) is 0 Å². The first kappa shape index (κ1) is 13.1. The summed E-state index contributed by atoms with van der Waals surface area (Å²) in [7, 11) is 0. The molecule has 1 amide bonds. The van der Waals surface area contributed by atoms with Crippen LogP contribution in [-0.4, -0.2) is 5.91 Å². The quantitative estimate of drug-likeness (QED) is 0.806. The predicted molar refractivity (Wildman–Crippen MR) is 79.5 cm³/mol. The molecule has 3 heteroatoms. The van der Waals surface area contributed by atoms with Crippen molar-refractivity contribution < 1.29 is 4.79 Å². The maximum absolute atomic E-state index is 12.2. The third-order valence-electron chi connectivity index (χ3n) is 3.28. The predicted octanol–water partition coefficient (Wildman–Crippen LogP) is 3.45. The highest BCUT2D eigenvalue weighted by Crippen LogP contribution is 2.19. The van der Waals surface area contributed by atoms with Crippen molar-refractivity contribution in [3.63, 3.8) is 0 Å². The summed E-state index contributed by atoms with van der Waals surface area (Å²) in [5.74, 6) is -0.114. The van der Waals surface area contributed by atoms with Gasteiger partial charge < -0.3 is 11.1 Å². The largest absolute Gasteiger partial charge is 0.399 e. The van der Waals surface area contributed by atoms with Crippen molar-refractivity contribution in [3.05, 3.63) is 58.7 Å². The molecule has 0 atom stereocenters. The van der Waals surface area contributed by atoms with Crippen LogP contribution in [0.4, 0.5) is 11.4 Å². The van der Waals surface area contributed by atoms with E-state index in [1.807, 2.05) is 51.1 Å². The minimum atomic E-state index is -0.114. The lowest BCUT2D eigenvalue weighted by Gasteiger charge is -2.10. The lowest BCUT2D eigenvalue weighted by molar-refractivity contribution is 0.102. The number of carbonyl (C=O) groups excluding carboxylic acids is 1. The van der Waals surface area contributed by atoms with Gasteiger partial charge in [-0.25, -0.2) is 0 Å². The lowest BCUT2D eigenvalue weighted by atomic mass is 10.1. The zero-order valence-corrected chi connectivity index (χ0v) is 11.4. The zero-order chi connectivity index (χ0) is 14.0. The minimum Gasteiger partial charge on any atom is -0.399 e. The highest BCUT2D eigenvalue weighted by Gasteiger charge is 2.08. The minimum absolute atomic E-state index is 0.114. The van der Waals surface area contributed by atoms with E-state index in [2.05, 4.69) is 5.32 Å². The zero-order valence-electron chi connectivity index (χ0n) is 11.4. The Morgan fingerprint density at radius 3 is 2.32 bits per heavy atom. The van der Waals surface area contributed by atoms with Crippen molar-refractivity contribution in [2.75, 3.05) is 11.1 Å². The molecule has 0 bridgehead atoms. The average Bonchev–Trinajstić information content (AvgIpc) is 2.37. The first-order chi connectivity index (χ1) is 8.97. The van der Waals surface area contributed by atoms with Crippen molar-refractivity contribution in [1.29, 1.82) is 0 Å². The third-order valence-corrected chi connectivity index (χ3v) is 3.28. The molecule has 0 radical (unpaired) electrons. The van der Waals surface area contributed by atoms with Gasteiger partial charge in [0.1, 0.15) is 0 Å². The van der Waals surface area contributed by atoms with Crippen molar-refractivity contribution >= 4 is 17.3 Å². The Balaban J connectivity index is 2.25. The van der Waals surface area contributed by atoms with Crippen LogP contribution in [0.2, 0.25) is 0 Å². The summed E-state index contributed by atoms with van der Waals surface area (Å²) in [5.41, 5.74) is 11.1. The van der Waals surface area contributed by atoms with Crippen LogP contribution < -0.4 is 11.1 Å². The summed E-state index contributed by atoms with van der Waals surface area (Å²) in [4.78, 5) is 12.2.